The van der Waals surface area contributed by atoms with Gasteiger partial charge in [-0.1, -0.05) is 32.4 Å². The Morgan fingerprint density at radius 1 is 1.46 bits per heavy atom. The van der Waals surface area contributed by atoms with E-state index < -0.39 is 6.10 Å². The van der Waals surface area contributed by atoms with Crippen molar-refractivity contribution in [3.63, 3.8) is 0 Å². The topological polar surface area (TPSA) is 64.9 Å². The third-order valence-electron chi connectivity index (χ3n) is 5.72. The van der Waals surface area contributed by atoms with Crippen molar-refractivity contribution in [3.8, 4) is 0 Å². The van der Waals surface area contributed by atoms with Gasteiger partial charge in [-0.3, -0.25) is 10.2 Å². The molecule has 26 heavy (non-hydrogen) atoms. The Bertz CT molecular complexity index is 667. The molecule has 0 aromatic heterocycles. The van der Waals surface area contributed by atoms with Crippen LogP contribution < -0.4 is 5.43 Å². The number of hydrogen-bond donors (Lipinski definition) is 2. The lowest BCUT2D eigenvalue weighted by Crippen LogP contribution is -2.43. The molecule has 6 heteroatoms. The average molecular weight is 380 g/mol. The molecule has 0 spiro atoms. The standard InChI is InChI=1S/C20H30ClN3O2/c1-6-17(25)24-9-7-14(8-10-24)20(3,4)19(26)16-12-15(21)11-13(2)18(16)23-22-5/h11-12,14,19,23,26H,5-10H2,1-4H3/t19-/m1/s1. The van der Waals surface area contributed by atoms with Gasteiger partial charge in [-0.2, -0.15) is 5.10 Å². The summed E-state index contributed by atoms with van der Waals surface area (Å²) in [7, 11) is 0. The van der Waals surface area contributed by atoms with Crippen LogP contribution in [0.25, 0.3) is 0 Å². The number of benzene rings is 1. The van der Waals surface area contributed by atoms with E-state index in [2.05, 4.69) is 31.1 Å². The van der Waals surface area contributed by atoms with Gasteiger partial charge < -0.3 is 10.0 Å². The molecular weight excluding hydrogens is 350 g/mol. The second-order valence-electron chi connectivity index (χ2n) is 7.69. The Morgan fingerprint density at radius 3 is 2.62 bits per heavy atom. The average Bonchev–Trinajstić information content (AvgIpc) is 2.62. The van der Waals surface area contributed by atoms with Crippen LogP contribution in [0, 0.1) is 18.3 Å². The maximum atomic E-state index is 11.9. The minimum absolute atomic E-state index is 0.204. The summed E-state index contributed by atoms with van der Waals surface area (Å²) < 4.78 is 0. The number of nitrogens with zero attached hydrogens (tertiary/aromatic N) is 2. The fraction of sp³-hybridized carbons (Fsp3) is 0.600. The number of carbonyl (C=O) groups excluding carboxylic acids is 1. The van der Waals surface area contributed by atoms with Crippen molar-refractivity contribution >= 4 is 29.9 Å². The molecule has 1 heterocycles. The summed E-state index contributed by atoms with van der Waals surface area (Å²) in [6.07, 6.45) is 1.61. The van der Waals surface area contributed by atoms with Crippen LogP contribution in [0.5, 0.6) is 0 Å². The second kappa shape index (κ2) is 8.40. The molecule has 0 unspecified atom stereocenters. The van der Waals surface area contributed by atoms with Gasteiger partial charge in [-0.05, 0) is 48.8 Å². The van der Waals surface area contributed by atoms with Gasteiger partial charge in [0.25, 0.3) is 0 Å². The summed E-state index contributed by atoms with van der Waals surface area (Å²) in [5.74, 6) is 0.512. The second-order valence-corrected chi connectivity index (χ2v) is 8.13. The zero-order valence-electron chi connectivity index (χ0n) is 16.2. The lowest BCUT2D eigenvalue weighted by Gasteiger charge is -2.43. The molecule has 1 fully saturated rings. The quantitative estimate of drug-likeness (QED) is 0.569. The van der Waals surface area contributed by atoms with Gasteiger partial charge in [-0.25, -0.2) is 0 Å². The SMILES string of the molecule is C=NNc1c(C)cc(Cl)cc1[C@@H](O)C(C)(C)C1CCN(C(=O)CC)CC1. The molecule has 1 amide bonds. The minimum atomic E-state index is -0.706. The smallest absolute Gasteiger partial charge is 0.222 e. The van der Waals surface area contributed by atoms with E-state index in [1.165, 1.54) is 0 Å². The normalized spacial score (nSPS) is 17.1. The summed E-state index contributed by atoms with van der Waals surface area (Å²) >= 11 is 6.24. The minimum Gasteiger partial charge on any atom is -0.388 e. The van der Waals surface area contributed by atoms with Crippen molar-refractivity contribution in [1.82, 2.24) is 4.90 Å². The highest BCUT2D eigenvalue weighted by molar-refractivity contribution is 6.30. The molecule has 2 rings (SSSR count). The number of anilines is 1. The Hall–Kier alpha value is -1.59. The van der Waals surface area contributed by atoms with Crippen LogP contribution in [-0.2, 0) is 4.79 Å². The summed E-state index contributed by atoms with van der Waals surface area (Å²) in [5.41, 5.74) is 4.94. The molecule has 5 nitrogen and oxygen atoms in total. The van der Waals surface area contributed by atoms with Crippen LogP contribution >= 0.6 is 11.6 Å². The van der Waals surface area contributed by atoms with Crippen molar-refractivity contribution in [2.75, 3.05) is 18.5 Å². The van der Waals surface area contributed by atoms with Crippen LogP contribution in [0.2, 0.25) is 5.02 Å². The van der Waals surface area contributed by atoms with Crippen molar-refractivity contribution in [2.24, 2.45) is 16.4 Å². The third-order valence-corrected chi connectivity index (χ3v) is 5.94. The number of piperidine rings is 1. The molecule has 1 saturated heterocycles. The first-order valence-corrected chi connectivity index (χ1v) is 9.57. The number of aliphatic hydroxyl groups is 1. The van der Waals surface area contributed by atoms with Crippen LogP contribution in [0.15, 0.2) is 17.2 Å². The highest BCUT2D eigenvalue weighted by Gasteiger charge is 2.40. The Kier molecular flexibility index (Phi) is 6.69. The highest BCUT2D eigenvalue weighted by atomic mass is 35.5. The summed E-state index contributed by atoms with van der Waals surface area (Å²) in [6.45, 7) is 13.0. The molecule has 1 aromatic carbocycles. The molecule has 0 radical (unpaired) electrons. The van der Waals surface area contributed by atoms with Crippen molar-refractivity contribution < 1.29 is 9.90 Å². The number of hydrogen-bond acceptors (Lipinski definition) is 4. The van der Waals surface area contributed by atoms with E-state index in [1.54, 1.807) is 6.07 Å². The van der Waals surface area contributed by atoms with E-state index in [0.717, 1.165) is 42.7 Å². The summed E-state index contributed by atoms with van der Waals surface area (Å²) in [5, 5.41) is 15.6. The Morgan fingerprint density at radius 2 is 2.08 bits per heavy atom. The number of rotatable bonds is 6. The third kappa shape index (κ3) is 4.21. The maximum absolute atomic E-state index is 11.9. The molecule has 1 aliphatic heterocycles. The predicted octanol–water partition coefficient (Wildman–Crippen LogP) is 4.38. The van der Waals surface area contributed by atoms with Crippen LogP contribution in [0.1, 0.15) is 57.3 Å². The molecule has 1 atom stereocenters. The van der Waals surface area contributed by atoms with E-state index in [4.69, 9.17) is 11.6 Å². The van der Waals surface area contributed by atoms with Gasteiger partial charge in [0.05, 0.1) is 11.8 Å². The van der Waals surface area contributed by atoms with E-state index in [0.29, 0.717) is 17.4 Å². The summed E-state index contributed by atoms with van der Waals surface area (Å²) in [6, 6.07) is 3.64. The molecule has 0 saturated carbocycles. The maximum Gasteiger partial charge on any atom is 0.222 e. The number of aliphatic hydroxyl groups excluding tert-OH is 1. The van der Waals surface area contributed by atoms with Gasteiger partial charge in [-0.15, -0.1) is 0 Å². The lowest BCUT2D eigenvalue weighted by atomic mass is 9.68. The number of halogens is 1. The number of aryl methyl sites for hydroxylation is 1. The number of carbonyl (C=O) groups is 1. The van der Waals surface area contributed by atoms with Gasteiger partial charge in [0.1, 0.15) is 0 Å². The molecule has 0 bridgehead atoms. The van der Waals surface area contributed by atoms with Gasteiger partial charge in [0.15, 0.2) is 0 Å². The van der Waals surface area contributed by atoms with E-state index >= 15 is 0 Å². The number of amides is 1. The first-order chi connectivity index (χ1) is 12.2. The zero-order valence-corrected chi connectivity index (χ0v) is 16.9. The molecule has 1 aromatic rings. The molecular formula is C20H30ClN3O2. The van der Waals surface area contributed by atoms with Gasteiger partial charge in [0.2, 0.25) is 5.91 Å². The van der Waals surface area contributed by atoms with Crippen LogP contribution in [0.4, 0.5) is 5.69 Å². The molecule has 1 aliphatic rings. The molecule has 2 N–H and O–H groups in total. The molecule has 144 valence electrons. The Labute approximate surface area is 161 Å². The first-order valence-electron chi connectivity index (χ1n) is 9.20. The van der Waals surface area contributed by atoms with Crippen molar-refractivity contribution in [2.45, 2.75) is 53.1 Å². The predicted molar refractivity (Wildman–Crippen MR) is 108 cm³/mol. The van der Waals surface area contributed by atoms with E-state index in [9.17, 15) is 9.90 Å². The van der Waals surface area contributed by atoms with Gasteiger partial charge in [0, 0.05) is 36.8 Å². The van der Waals surface area contributed by atoms with Crippen LogP contribution in [-0.4, -0.2) is 35.7 Å². The number of nitrogens with one attached hydrogen (secondary N) is 1. The fourth-order valence-electron chi connectivity index (χ4n) is 3.94. The number of likely N-dealkylation sites (tertiary alicyclic amines) is 1. The number of hydrazone groups is 1. The fourth-order valence-corrected chi connectivity index (χ4v) is 4.22. The monoisotopic (exact) mass is 379 g/mol. The van der Waals surface area contributed by atoms with E-state index in [1.807, 2.05) is 24.8 Å². The lowest BCUT2D eigenvalue weighted by molar-refractivity contribution is -0.133. The Balaban J connectivity index is 2.24. The highest BCUT2D eigenvalue weighted by Crippen LogP contribution is 2.47. The zero-order chi connectivity index (χ0) is 19.5. The van der Waals surface area contributed by atoms with Crippen molar-refractivity contribution in [3.05, 3.63) is 28.3 Å². The molecule has 0 aliphatic carbocycles. The van der Waals surface area contributed by atoms with Crippen LogP contribution in [0.3, 0.4) is 0 Å². The largest absolute Gasteiger partial charge is 0.388 e. The first kappa shape index (κ1) is 20.7. The van der Waals surface area contributed by atoms with Crippen molar-refractivity contribution in [1.29, 1.82) is 0 Å². The summed E-state index contributed by atoms with van der Waals surface area (Å²) in [4.78, 5) is 13.8. The van der Waals surface area contributed by atoms with Gasteiger partial charge >= 0.3 is 0 Å². The van der Waals surface area contributed by atoms with E-state index in [-0.39, 0.29) is 11.3 Å².